The molecule has 11 heteroatoms. The minimum Gasteiger partial charge on any atom is -0.493 e. The molecule has 1 saturated heterocycles. The number of nitro groups is 1. The number of nitrogens with one attached hydrogen (secondary N) is 1. The van der Waals surface area contributed by atoms with Gasteiger partial charge in [0.1, 0.15) is 10.9 Å². The highest BCUT2D eigenvalue weighted by Gasteiger charge is 2.33. The number of carbonyl (C=O) groups is 2. The maximum absolute atomic E-state index is 12.7. The molecule has 0 bridgehead atoms. The molecule has 0 spiro atoms. The molecular weight excluding hydrogens is 442 g/mol. The summed E-state index contributed by atoms with van der Waals surface area (Å²) in [6.07, 6.45) is 1.66. The number of rotatable bonds is 7. The summed E-state index contributed by atoms with van der Waals surface area (Å²) in [6, 6.07) is 10.6. The highest BCUT2D eigenvalue weighted by molar-refractivity contribution is 8.26. The number of non-ortho nitro benzene ring substituents is 1. The Bertz CT molecular complexity index is 1080. The van der Waals surface area contributed by atoms with E-state index in [9.17, 15) is 19.7 Å². The summed E-state index contributed by atoms with van der Waals surface area (Å²) in [5.74, 6) is 0.227. The number of anilines is 1. The predicted octanol–water partition coefficient (Wildman–Crippen LogP) is 3.45. The van der Waals surface area contributed by atoms with E-state index in [1.54, 1.807) is 24.3 Å². The molecule has 160 valence electrons. The van der Waals surface area contributed by atoms with E-state index in [-0.39, 0.29) is 22.5 Å². The highest BCUT2D eigenvalue weighted by Crippen LogP contribution is 2.34. The van der Waals surface area contributed by atoms with Gasteiger partial charge in [0, 0.05) is 17.8 Å². The molecule has 31 heavy (non-hydrogen) atoms. The standard InChI is InChI=1S/C20H17N3O6S2/c1-28-15-8-3-12(9-16(15)29-2)10-17-19(25)22(20(30)31-17)11-18(24)21-13-4-6-14(7-5-13)23(26)27/h3-10H,11H2,1-2H3,(H,21,24). The average Bonchev–Trinajstić information content (AvgIpc) is 3.01. The van der Waals surface area contributed by atoms with Gasteiger partial charge in [0.15, 0.2) is 11.5 Å². The van der Waals surface area contributed by atoms with Crippen molar-refractivity contribution in [2.45, 2.75) is 0 Å². The summed E-state index contributed by atoms with van der Waals surface area (Å²) in [6.45, 7) is -0.273. The molecule has 2 aromatic carbocycles. The summed E-state index contributed by atoms with van der Waals surface area (Å²) in [5.41, 5.74) is 1.01. The second-order valence-corrected chi connectivity index (χ2v) is 7.91. The van der Waals surface area contributed by atoms with Crippen LogP contribution in [-0.4, -0.2) is 46.7 Å². The zero-order valence-electron chi connectivity index (χ0n) is 16.5. The van der Waals surface area contributed by atoms with E-state index in [1.165, 1.54) is 43.4 Å². The van der Waals surface area contributed by atoms with Gasteiger partial charge < -0.3 is 14.8 Å². The van der Waals surface area contributed by atoms with Crippen LogP contribution in [0.2, 0.25) is 0 Å². The van der Waals surface area contributed by atoms with Crippen LogP contribution in [0.25, 0.3) is 6.08 Å². The lowest BCUT2D eigenvalue weighted by atomic mass is 10.2. The Kier molecular flexibility index (Phi) is 6.88. The molecule has 1 aliphatic heterocycles. The summed E-state index contributed by atoms with van der Waals surface area (Å²) in [4.78, 5) is 36.8. The van der Waals surface area contributed by atoms with Crippen LogP contribution in [0.15, 0.2) is 47.4 Å². The Hall–Kier alpha value is -3.44. The van der Waals surface area contributed by atoms with Gasteiger partial charge in [-0.05, 0) is 35.9 Å². The third kappa shape index (κ3) is 5.19. The molecule has 2 aromatic rings. The van der Waals surface area contributed by atoms with Gasteiger partial charge >= 0.3 is 0 Å². The number of thioether (sulfide) groups is 1. The summed E-state index contributed by atoms with van der Waals surface area (Å²) < 4.78 is 10.7. The SMILES string of the molecule is COc1ccc(C=C2SC(=S)N(CC(=O)Nc3ccc([N+](=O)[O-])cc3)C2=O)cc1OC. The van der Waals surface area contributed by atoms with Gasteiger partial charge in [0.2, 0.25) is 5.91 Å². The minimum absolute atomic E-state index is 0.0877. The molecule has 2 amide bonds. The zero-order chi connectivity index (χ0) is 22.5. The Morgan fingerprint density at radius 2 is 1.87 bits per heavy atom. The van der Waals surface area contributed by atoms with Crippen molar-refractivity contribution >= 4 is 57.6 Å². The van der Waals surface area contributed by atoms with Gasteiger partial charge in [-0.15, -0.1) is 0 Å². The van der Waals surface area contributed by atoms with Crippen LogP contribution >= 0.6 is 24.0 Å². The first kappa shape index (κ1) is 22.2. The molecule has 0 radical (unpaired) electrons. The molecule has 0 aromatic heterocycles. The van der Waals surface area contributed by atoms with Crippen LogP contribution in [0.1, 0.15) is 5.56 Å². The summed E-state index contributed by atoms with van der Waals surface area (Å²) in [7, 11) is 3.05. The number of ether oxygens (including phenoxy) is 2. The molecular formula is C20H17N3O6S2. The Morgan fingerprint density at radius 1 is 1.19 bits per heavy atom. The third-order valence-corrected chi connectivity index (χ3v) is 5.62. The van der Waals surface area contributed by atoms with Crippen molar-refractivity contribution in [1.29, 1.82) is 0 Å². The molecule has 1 heterocycles. The second kappa shape index (κ2) is 9.58. The predicted molar refractivity (Wildman–Crippen MR) is 121 cm³/mol. The van der Waals surface area contributed by atoms with Crippen molar-refractivity contribution in [3.63, 3.8) is 0 Å². The zero-order valence-corrected chi connectivity index (χ0v) is 18.1. The van der Waals surface area contributed by atoms with E-state index in [0.29, 0.717) is 27.7 Å². The summed E-state index contributed by atoms with van der Waals surface area (Å²) in [5, 5.41) is 13.3. The largest absolute Gasteiger partial charge is 0.493 e. The molecule has 1 fully saturated rings. The average molecular weight is 460 g/mol. The topological polar surface area (TPSA) is 111 Å². The maximum atomic E-state index is 12.7. The molecule has 9 nitrogen and oxygen atoms in total. The van der Waals surface area contributed by atoms with Gasteiger partial charge in [0.05, 0.1) is 24.0 Å². The van der Waals surface area contributed by atoms with Gasteiger partial charge in [-0.3, -0.25) is 24.6 Å². The van der Waals surface area contributed by atoms with Crippen LogP contribution in [0, 0.1) is 10.1 Å². The van der Waals surface area contributed by atoms with E-state index in [4.69, 9.17) is 21.7 Å². The normalized spacial score (nSPS) is 14.6. The number of benzene rings is 2. The minimum atomic E-state index is -0.531. The van der Waals surface area contributed by atoms with Crippen molar-refractivity contribution in [2.24, 2.45) is 0 Å². The molecule has 0 unspecified atom stereocenters. The third-order valence-electron chi connectivity index (χ3n) is 4.24. The van der Waals surface area contributed by atoms with E-state index in [0.717, 1.165) is 11.8 Å². The first-order valence-electron chi connectivity index (χ1n) is 8.84. The first-order valence-corrected chi connectivity index (χ1v) is 10.1. The number of thiocarbonyl (C=S) groups is 1. The van der Waals surface area contributed by atoms with E-state index >= 15 is 0 Å². The molecule has 1 N–H and O–H groups in total. The Morgan fingerprint density at radius 3 is 2.48 bits per heavy atom. The molecule has 0 aliphatic carbocycles. The number of methoxy groups -OCH3 is 2. The Labute approximate surface area is 187 Å². The number of hydrogen-bond donors (Lipinski definition) is 1. The highest BCUT2D eigenvalue weighted by atomic mass is 32.2. The monoisotopic (exact) mass is 459 g/mol. The lowest BCUT2D eigenvalue weighted by Crippen LogP contribution is -2.36. The molecule has 0 saturated carbocycles. The molecule has 3 rings (SSSR count). The van der Waals surface area contributed by atoms with Crippen molar-refractivity contribution in [1.82, 2.24) is 4.90 Å². The number of carbonyl (C=O) groups excluding carboxylic acids is 2. The van der Waals surface area contributed by atoms with Crippen LogP contribution < -0.4 is 14.8 Å². The van der Waals surface area contributed by atoms with Crippen molar-refractivity contribution < 1.29 is 24.0 Å². The fraction of sp³-hybridized carbons (Fsp3) is 0.150. The van der Waals surface area contributed by atoms with Crippen LogP contribution in [0.3, 0.4) is 0 Å². The lowest BCUT2D eigenvalue weighted by Gasteiger charge is -2.14. The smallest absolute Gasteiger partial charge is 0.269 e. The van der Waals surface area contributed by atoms with Crippen LogP contribution in [-0.2, 0) is 9.59 Å². The van der Waals surface area contributed by atoms with Crippen LogP contribution in [0.5, 0.6) is 11.5 Å². The fourth-order valence-corrected chi connectivity index (χ4v) is 4.00. The summed E-state index contributed by atoms with van der Waals surface area (Å²) >= 11 is 6.35. The van der Waals surface area contributed by atoms with E-state index in [1.807, 2.05) is 0 Å². The van der Waals surface area contributed by atoms with E-state index < -0.39 is 10.8 Å². The van der Waals surface area contributed by atoms with Gasteiger partial charge in [0.25, 0.3) is 11.6 Å². The van der Waals surface area contributed by atoms with Crippen molar-refractivity contribution in [3.05, 3.63) is 63.0 Å². The molecule has 1 aliphatic rings. The van der Waals surface area contributed by atoms with Gasteiger partial charge in [-0.1, -0.05) is 30.0 Å². The maximum Gasteiger partial charge on any atom is 0.269 e. The number of hydrogen-bond acceptors (Lipinski definition) is 8. The quantitative estimate of drug-likeness (QED) is 0.290. The lowest BCUT2D eigenvalue weighted by molar-refractivity contribution is -0.384. The van der Waals surface area contributed by atoms with Crippen molar-refractivity contribution in [3.8, 4) is 11.5 Å². The van der Waals surface area contributed by atoms with Gasteiger partial charge in [-0.25, -0.2) is 0 Å². The van der Waals surface area contributed by atoms with Crippen molar-refractivity contribution in [2.75, 3.05) is 26.1 Å². The second-order valence-electron chi connectivity index (χ2n) is 6.23. The first-order chi connectivity index (χ1) is 14.8. The van der Waals surface area contributed by atoms with Crippen LogP contribution in [0.4, 0.5) is 11.4 Å². The number of nitrogens with zero attached hydrogens (tertiary/aromatic N) is 2. The number of amides is 2. The van der Waals surface area contributed by atoms with E-state index in [2.05, 4.69) is 5.32 Å². The fourth-order valence-electron chi connectivity index (χ4n) is 2.74. The van der Waals surface area contributed by atoms with Gasteiger partial charge in [-0.2, -0.15) is 0 Å². The Balaban J connectivity index is 1.69. The number of nitro benzene ring substituents is 1. The molecule has 0 atom stereocenters.